The van der Waals surface area contributed by atoms with Gasteiger partial charge in [0.2, 0.25) is 0 Å². The summed E-state index contributed by atoms with van der Waals surface area (Å²) in [5.41, 5.74) is 1.28. The molecular formula is C24H24O10. The van der Waals surface area contributed by atoms with Crippen molar-refractivity contribution in [3.05, 3.63) is 59.7 Å². The summed E-state index contributed by atoms with van der Waals surface area (Å²) in [6.07, 6.45) is 4.87. The second-order valence-corrected chi connectivity index (χ2v) is 6.35. The molecule has 0 aromatic heterocycles. The Balaban J connectivity index is 0.000000340. The lowest BCUT2D eigenvalue weighted by Gasteiger charge is -2.08. The van der Waals surface area contributed by atoms with Crippen LogP contribution in [0.4, 0.5) is 0 Å². The van der Waals surface area contributed by atoms with Crippen LogP contribution in [-0.4, -0.2) is 48.3 Å². The van der Waals surface area contributed by atoms with E-state index in [0.29, 0.717) is 34.1 Å². The first-order valence-electron chi connectivity index (χ1n) is 9.60. The Morgan fingerprint density at radius 2 is 1.00 bits per heavy atom. The minimum atomic E-state index is -1.03. The Morgan fingerprint density at radius 1 is 0.647 bits per heavy atom. The van der Waals surface area contributed by atoms with Gasteiger partial charge in [0.25, 0.3) is 0 Å². The molecule has 10 nitrogen and oxygen atoms in total. The molecule has 2 aromatic rings. The van der Waals surface area contributed by atoms with Crippen LogP contribution in [0, 0.1) is 0 Å². The molecule has 0 aliphatic rings. The molecule has 0 heterocycles. The molecule has 0 aliphatic carbocycles. The number of esters is 2. The lowest BCUT2D eigenvalue weighted by atomic mass is 10.2. The summed E-state index contributed by atoms with van der Waals surface area (Å²) in [5, 5.41) is 17.0. The first kappa shape index (κ1) is 27.4. The second kappa shape index (κ2) is 13.7. The van der Waals surface area contributed by atoms with Crippen LogP contribution in [0.3, 0.4) is 0 Å². The smallest absolute Gasteiger partial charge is 0.328 e. The SMILES string of the molecule is COc1cc(/C=C/C(=O)O)ccc1OC(C)=O.COc1cc(/C=C/C(=O)O)ccc1OC(C)=O. The molecule has 0 saturated heterocycles. The molecule has 0 fully saturated rings. The van der Waals surface area contributed by atoms with Crippen LogP contribution >= 0.6 is 0 Å². The van der Waals surface area contributed by atoms with E-state index in [9.17, 15) is 19.2 Å². The van der Waals surface area contributed by atoms with Gasteiger partial charge in [-0.1, -0.05) is 12.1 Å². The van der Waals surface area contributed by atoms with Crippen LogP contribution in [-0.2, 0) is 19.2 Å². The maximum Gasteiger partial charge on any atom is 0.328 e. The van der Waals surface area contributed by atoms with E-state index >= 15 is 0 Å². The summed E-state index contributed by atoms with van der Waals surface area (Å²) < 4.78 is 19.9. The second-order valence-electron chi connectivity index (χ2n) is 6.35. The highest BCUT2D eigenvalue weighted by Crippen LogP contribution is 2.29. The fraction of sp³-hybridized carbons (Fsp3) is 0.167. The van der Waals surface area contributed by atoms with E-state index in [-0.39, 0.29) is 0 Å². The van der Waals surface area contributed by atoms with Crippen LogP contribution in [0.1, 0.15) is 25.0 Å². The number of methoxy groups -OCH3 is 2. The van der Waals surface area contributed by atoms with Crippen molar-refractivity contribution in [2.24, 2.45) is 0 Å². The number of carbonyl (C=O) groups excluding carboxylic acids is 2. The van der Waals surface area contributed by atoms with Gasteiger partial charge in [-0.15, -0.1) is 0 Å². The summed E-state index contributed by atoms with van der Waals surface area (Å²) in [6, 6.07) is 9.50. The Morgan fingerprint density at radius 3 is 1.26 bits per heavy atom. The van der Waals surface area contributed by atoms with E-state index in [1.165, 1.54) is 40.2 Å². The zero-order valence-corrected chi connectivity index (χ0v) is 18.9. The third-order valence-corrected chi connectivity index (χ3v) is 3.72. The number of benzene rings is 2. The van der Waals surface area contributed by atoms with Crippen LogP contribution < -0.4 is 18.9 Å². The topological polar surface area (TPSA) is 146 Å². The number of carbonyl (C=O) groups is 4. The van der Waals surface area contributed by atoms with Crippen molar-refractivity contribution in [1.82, 2.24) is 0 Å². The van der Waals surface area contributed by atoms with Gasteiger partial charge in [-0.3, -0.25) is 9.59 Å². The average molecular weight is 472 g/mol. The molecule has 0 saturated carbocycles. The number of carboxylic acids is 2. The normalized spacial score (nSPS) is 10.2. The molecule has 0 bridgehead atoms. The fourth-order valence-electron chi connectivity index (χ4n) is 2.39. The van der Waals surface area contributed by atoms with E-state index in [1.54, 1.807) is 36.4 Å². The van der Waals surface area contributed by atoms with Gasteiger partial charge in [-0.25, -0.2) is 9.59 Å². The van der Waals surface area contributed by atoms with Gasteiger partial charge in [0.15, 0.2) is 23.0 Å². The maximum atomic E-state index is 10.8. The van der Waals surface area contributed by atoms with Crippen molar-refractivity contribution >= 4 is 36.0 Å². The van der Waals surface area contributed by atoms with E-state index in [0.717, 1.165) is 12.2 Å². The molecule has 0 amide bonds. The molecule has 0 radical (unpaired) electrons. The largest absolute Gasteiger partial charge is 0.493 e. The lowest BCUT2D eigenvalue weighted by Crippen LogP contribution is -2.03. The van der Waals surface area contributed by atoms with Gasteiger partial charge in [-0.05, 0) is 47.5 Å². The highest BCUT2D eigenvalue weighted by Gasteiger charge is 2.08. The molecule has 180 valence electrons. The van der Waals surface area contributed by atoms with E-state index in [1.807, 2.05) is 0 Å². The minimum Gasteiger partial charge on any atom is -0.493 e. The predicted molar refractivity (Wildman–Crippen MR) is 122 cm³/mol. The molecule has 0 spiro atoms. The number of rotatable bonds is 8. The number of hydrogen-bond donors (Lipinski definition) is 2. The molecule has 2 N–H and O–H groups in total. The first-order valence-corrected chi connectivity index (χ1v) is 9.60. The van der Waals surface area contributed by atoms with Crippen molar-refractivity contribution in [2.75, 3.05) is 14.2 Å². The van der Waals surface area contributed by atoms with Crippen molar-refractivity contribution in [3.8, 4) is 23.0 Å². The fourth-order valence-corrected chi connectivity index (χ4v) is 2.39. The van der Waals surface area contributed by atoms with E-state index in [4.69, 9.17) is 29.2 Å². The highest BCUT2D eigenvalue weighted by molar-refractivity contribution is 5.86. The maximum absolute atomic E-state index is 10.8. The van der Waals surface area contributed by atoms with Gasteiger partial charge in [0, 0.05) is 26.0 Å². The van der Waals surface area contributed by atoms with E-state index in [2.05, 4.69) is 0 Å². The Labute approximate surface area is 195 Å². The van der Waals surface area contributed by atoms with Crippen LogP contribution in [0.15, 0.2) is 48.6 Å². The van der Waals surface area contributed by atoms with Gasteiger partial charge < -0.3 is 29.2 Å². The molecule has 0 aliphatic heterocycles. The zero-order valence-electron chi connectivity index (χ0n) is 18.9. The summed E-state index contributed by atoms with van der Waals surface area (Å²) >= 11 is 0. The van der Waals surface area contributed by atoms with Crippen molar-refractivity contribution in [2.45, 2.75) is 13.8 Å². The van der Waals surface area contributed by atoms with Crippen LogP contribution in [0.2, 0.25) is 0 Å². The summed E-state index contributed by atoms with van der Waals surface area (Å²) in [4.78, 5) is 42.3. The standard InChI is InChI=1S/2C12H12O5/c2*1-8(13)17-10-5-3-9(4-6-12(14)15)7-11(10)16-2/h2*3-7H,1-2H3,(H,14,15)/b2*6-4+. The molecule has 2 rings (SSSR count). The quantitative estimate of drug-likeness (QED) is 0.333. The summed E-state index contributed by atoms with van der Waals surface area (Å²) in [6.45, 7) is 2.58. The van der Waals surface area contributed by atoms with Crippen molar-refractivity contribution in [3.63, 3.8) is 0 Å². The van der Waals surface area contributed by atoms with Gasteiger partial charge in [0.05, 0.1) is 14.2 Å². The predicted octanol–water partition coefficient (Wildman–Crippen LogP) is 3.44. The van der Waals surface area contributed by atoms with Gasteiger partial charge in [0.1, 0.15) is 0 Å². The minimum absolute atomic E-state index is 0.299. The molecule has 0 unspecified atom stereocenters. The van der Waals surface area contributed by atoms with E-state index < -0.39 is 23.9 Å². The third-order valence-electron chi connectivity index (χ3n) is 3.72. The Bertz CT molecular complexity index is 1010. The number of ether oxygens (including phenoxy) is 4. The first-order chi connectivity index (χ1) is 16.0. The average Bonchev–Trinajstić information content (AvgIpc) is 2.77. The van der Waals surface area contributed by atoms with Crippen LogP contribution in [0.5, 0.6) is 23.0 Å². The van der Waals surface area contributed by atoms with Crippen LogP contribution in [0.25, 0.3) is 12.2 Å². The van der Waals surface area contributed by atoms with Gasteiger partial charge in [-0.2, -0.15) is 0 Å². The third kappa shape index (κ3) is 10.1. The molecule has 34 heavy (non-hydrogen) atoms. The van der Waals surface area contributed by atoms with Crippen molar-refractivity contribution in [1.29, 1.82) is 0 Å². The van der Waals surface area contributed by atoms with Crippen molar-refractivity contribution < 1.29 is 48.3 Å². The monoisotopic (exact) mass is 472 g/mol. The molecular weight excluding hydrogens is 448 g/mol. The number of aliphatic carboxylic acids is 2. The Hall–Kier alpha value is -4.60. The zero-order chi connectivity index (χ0) is 25.7. The Kier molecular flexibility index (Phi) is 11.1. The number of carboxylic acid groups (broad SMARTS) is 2. The molecule has 10 heteroatoms. The number of hydrogen-bond acceptors (Lipinski definition) is 8. The summed E-state index contributed by atoms with van der Waals surface area (Å²) in [7, 11) is 2.88. The summed E-state index contributed by atoms with van der Waals surface area (Å²) in [5.74, 6) is -1.63. The highest BCUT2D eigenvalue weighted by atomic mass is 16.6. The molecule has 0 atom stereocenters. The van der Waals surface area contributed by atoms with Gasteiger partial charge >= 0.3 is 23.9 Å². The lowest BCUT2D eigenvalue weighted by molar-refractivity contribution is -0.132. The molecule has 2 aromatic carbocycles.